The maximum Gasteiger partial charge on any atom is 0.337 e. The van der Waals surface area contributed by atoms with Crippen molar-refractivity contribution in [2.45, 2.75) is 0 Å². The van der Waals surface area contributed by atoms with E-state index in [-0.39, 0.29) is 28.5 Å². The lowest BCUT2D eigenvalue weighted by molar-refractivity contribution is 0.0565. The zero-order valence-electron chi connectivity index (χ0n) is 17.8. The van der Waals surface area contributed by atoms with Crippen molar-refractivity contribution in [2.75, 3.05) is 36.9 Å². The molecular weight excluding hydrogens is 426 g/mol. The Kier molecular flexibility index (Phi) is 5.97. The summed E-state index contributed by atoms with van der Waals surface area (Å²) in [5.74, 6) is -1.78. The van der Waals surface area contributed by atoms with E-state index in [9.17, 15) is 19.5 Å². The molecule has 0 spiro atoms. The first-order valence-corrected chi connectivity index (χ1v) is 10.2. The van der Waals surface area contributed by atoms with Crippen molar-refractivity contribution in [1.29, 1.82) is 5.26 Å². The van der Waals surface area contributed by atoms with E-state index in [2.05, 4.69) is 10.6 Å². The third-order valence-corrected chi connectivity index (χ3v) is 5.46. The van der Waals surface area contributed by atoms with Gasteiger partial charge in [-0.15, -0.1) is 0 Å². The second-order valence-electron chi connectivity index (χ2n) is 7.49. The van der Waals surface area contributed by atoms with E-state index >= 15 is 0 Å². The number of carbonyl (C=O) groups excluding carboxylic acids is 2. The van der Waals surface area contributed by atoms with Gasteiger partial charge >= 0.3 is 12.0 Å². The van der Waals surface area contributed by atoms with Gasteiger partial charge in [-0.1, -0.05) is 12.1 Å². The number of nitrogens with one attached hydrogen (secondary N) is 2. The quantitative estimate of drug-likeness (QED) is 0.563. The molecular formula is C23H21N5O5. The van der Waals surface area contributed by atoms with E-state index in [0.29, 0.717) is 37.5 Å². The summed E-state index contributed by atoms with van der Waals surface area (Å²) in [6.45, 7) is 1.97. The molecule has 3 aromatic rings. The SMILES string of the molecule is Cn1c(C(=O)Nc2ccc(C#N)cc2C(=O)O)cc2cccc(NC(=O)N3CCOCC3)c21. The minimum absolute atomic E-state index is 0.0811. The van der Waals surface area contributed by atoms with Gasteiger partial charge in [0.1, 0.15) is 5.69 Å². The molecule has 4 rings (SSSR count). The largest absolute Gasteiger partial charge is 0.478 e. The standard InChI is InChI=1S/C23H21N5O5/c1-27-19(21(29)25-17-6-5-14(13-24)11-16(17)22(30)31)12-15-3-2-4-18(20(15)27)26-23(32)28-7-9-33-10-8-28/h2-6,11-12H,7-10H2,1H3,(H,25,29)(H,26,32)(H,30,31). The summed E-state index contributed by atoms with van der Waals surface area (Å²) < 4.78 is 6.92. The maximum absolute atomic E-state index is 13.0. The molecule has 0 unspecified atom stereocenters. The highest BCUT2D eigenvalue weighted by Gasteiger charge is 2.21. The Bertz CT molecular complexity index is 1300. The smallest absolute Gasteiger partial charge is 0.337 e. The first kappa shape index (κ1) is 21.9. The third-order valence-electron chi connectivity index (χ3n) is 5.46. The second kappa shape index (κ2) is 9.02. The van der Waals surface area contributed by atoms with Crippen LogP contribution in [0.25, 0.3) is 10.9 Å². The fraction of sp³-hybridized carbons (Fsp3) is 0.217. The molecule has 0 radical (unpaired) electrons. The lowest BCUT2D eigenvalue weighted by atomic mass is 10.1. The summed E-state index contributed by atoms with van der Waals surface area (Å²) in [5, 5.41) is 24.7. The Labute approximate surface area is 189 Å². The molecule has 1 saturated heterocycles. The molecule has 168 valence electrons. The van der Waals surface area contributed by atoms with Crippen LogP contribution in [-0.4, -0.2) is 58.8 Å². The fourth-order valence-electron chi connectivity index (χ4n) is 3.78. The van der Waals surface area contributed by atoms with Crippen LogP contribution >= 0.6 is 0 Å². The minimum Gasteiger partial charge on any atom is -0.478 e. The molecule has 0 atom stereocenters. The molecule has 33 heavy (non-hydrogen) atoms. The fourth-order valence-corrected chi connectivity index (χ4v) is 3.78. The van der Waals surface area contributed by atoms with E-state index in [1.54, 1.807) is 34.7 Å². The van der Waals surface area contributed by atoms with Gasteiger partial charge in [0.25, 0.3) is 5.91 Å². The van der Waals surface area contributed by atoms with Gasteiger partial charge in [-0.25, -0.2) is 9.59 Å². The van der Waals surface area contributed by atoms with Crippen molar-refractivity contribution in [2.24, 2.45) is 7.05 Å². The number of para-hydroxylation sites is 1. The number of carbonyl (C=O) groups is 3. The highest BCUT2D eigenvalue weighted by molar-refractivity contribution is 6.11. The molecule has 10 nitrogen and oxygen atoms in total. The minimum atomic E-state index is -1.26. The summed E-state index contributed by atoms with van der Waals surface area (Å²) in [6, 6.07) is 12.7. The van der Waals surface area contributed by atoms with Crippen molar-refractivity contribution in [3.8, 4) is 6.07 Å². The molecule has 2 aromatic carbocycles. The highest BCUT2D eigenvalue weighted by Crippen LogP contribution is 2.28. The van der Waals surface area contributed by atoms with Gasteiger partial charge in [-0.3, -0.25) is 4.79 Å². The monoisotopic (exact) mass is 447 g/mol. The Balaban J connectivity index is 1.63. The van der Waals surface area contributed by atoms with Gasteiger partial charge in [-0.05, 0) is 30.3 Å². The number of nitrogens with zero attached hydrogens (tertiary/aromatic N) is 3. The van der Waals surface area contributed by atoms with E-state index in [1.807, 2.05) is 12.1 Å². The number of morpholine rings is 1. The number of fused-ring (bicyclic) bond motifs is 1. The first-order chi connectivity index (χ1) is 15.9. The normalized spacial score (nSPS) is 13.4. The number of anilines is 2. The van der Waals surface area contributed by atoms with Crippen molar-refractivity contribution >= 4 is 40.2 Å². The predicted octanol–water partition coefficient (Wildman–Crippen LogP) is 2.86. The van der Waals surface area contributed by atoms with Crippen LogP contribution in [0.5, 0.6) is 0 Å². The number of hydrogen-bond donors (Lipinski definition) is 3. The summed E-state index contributed by atoms with van der Waals surface area (Å²) in [7, 11) is 1.69. The molecule has 1 aliphatic rings. The number of ether oxygens (including phenoxy) is 1. The summed E-state index contributed by atoms with van der Waals surface area (Å²) in [6.07, 6.45) is 0. The Morgan fingerprint density at radius 2 is 1.82 bits per heavy atom. The molecule has 1 fully saturated rings. The van der Waals surface area contributed by atoms with E-state index in [4.69, 9.17) is 10.00 Å². The Hall–Kier alpha value is -4.36. The van der Waals surface area contributed by atoms with Gasteiger partial charge in [0.2, 0.25) is 0 Å². The van der Waals surface area contributed by atoms with Gasteiger partial charge in [0.05, 0.1) is 47.3 Å². The number of carboxylic acid groups (broad SMARTS) is 1. The first-order valence-electron chi connectivity index (χ1n) is 10.2. The summed E-state index contributed by atoms with van der Waals surface area (Å²) >= 11 is 0. The molecule has 2 heterocycles. The molecule has 0 bridgehead atoms. The van der Waals surface area contributed by atoms with Gasteiger partial charge < -0.3 is 29.9 Å². The number of aromatic carboxylic acids is 1. The van der Waals surface area contributed by atoms with E-state index in [1.165, 1.54) is 18.2 Å². The van der Waals surface area contributed by atoms with Gasteiger partial charge in [0, 0.05) is 25.5 Å². The lowest BCUT2D eigenvalue weighted by Crippen LogP contribution is -2.43. The lowest BCUT2D eigenvalue weighted by Gasteiger charge is -2.27. The molecule has 10 heteroatoms. The highest BCUT2D eigenvalue weighted by atomic mass is 16.5. The molecule has 1 aliphatic heterocycles. The van der Waals surface area contributed by atoms with E-state index < -0.39 is 11.9 Å². The molecule has 0 aliphatic carbocycles. The van der Waals surface area contributed by atoms with Crippen LogP contribution in [-0.2, 0) is 11.8 Å². The van der Waals surface area contributed by atoms with Crippen molar-refractivity contribution in [3.63, 3.8) is 0 Å². The molecule has 3 amide bonds. The average molecular weight is 447 g/mol. The topological polar surface area (TPSA) is 137 Å². The Morgan fingerprint density at radius 3 is 2.52 bits per heavy atom. The maximum atomic E-state index is 13.0. The van der Waals surface area contributed by atoms with Crippen molar-refractivity contribution in [1.82, 2.24) is 9.47 Å². The van der Waals surface area contributed by atoms with Gasteiger partial charge in [0.15, 0.2) is 0 Å². The van der Waals surface area contributed by atoms with Crippen LogP contribution in [0.2, 0.25) is 0 Å². The number of benzene rings is 2. The van der Waals surface area contributed by atoms with Crippen LogP contribution in [0.4, 0.5) is 16.2 Å². The molecule has 3 N–H and O–H groups in total. The molecule has 0 saturated carbocycles. The predicted molar refractivity (Wildman–Crippen MR) is 120 cm³/mol. The second-order valence-corrected chi connectivity index (χ2v) is 7.49. The van der Waals surface area contributed by atoms with Crippen molar-refractivity contribution in [3.05, 3.63) is 59.3 Å². The van der Waals surface area contributed by atoms with Crippen LogP contribution < -0.4 is 10.6 Å². The Morgan fingerprint density at radius 1 is 1.06 bits per heavy atom. The zero-order valence-corrected chi connectivity index (χ0v) is 17.8. The van der Waals surface area contributed by atoms with Crippen LogP contribution in [0.15, 0.2) is 42.5 Å². The summed E-state index contributed by atoms with van der Waals surface area (Å²) in [4.78, 5) is 38.9. The number of aryl methyl sites for hydroxylation is 1. The van der Waals surface area contributed by atoms with Crippen LogP contribution in [0, 0.1) is 11.3 Å². The number of hydrogen-bond acceptors (Lipinski definition) is 5. The van der Waals surface area contributed by atoms with Gasteiger partial charge in [-0.2, -0.15) is 5.26 Å². The average Bonchev–Trinajstić information content (AvgIpc) is 3.17. The number of nitriles is 1. The van der Waals surface area contributed by atoms with Crippen LogP contribution in [0.3, 0.4) is 0 Å². The number of urea groups is 1. The summed E-state index contributed by atoms with van der Waals surface area (Å²) in [5.41, 5.74) is 1.56. The number of amides is 3. The van der Waals surface area contributed by atoms with Crippen molar-refractivity contribution < 1.29 is 24.2 Å². The zero-order chi connectivity index (χ0) is 23.5. The number of rotatable bonds is 4. The molecule has 1 aromatic heterocycles. The third kappa shape index (κ3) is 4.35. The van der Waals surface area contributed by atoms with E-state index in [0.717, 1.165) is 5.39 Å². The number of carboxylic acids is 1. The number of aromatic nitrogens is 1. The van der Waals surface area contributed by atoms with Crippen LogP contribution in [0.1, 0.15) is 26.4 Å².